The van der Waals surface area contributed by atoms with Crippen molar-refractivity contribution in [3.63, 3.8) is 0 Å². The summed E-state index contributed by atoms with van der Waals surface area (Å²) in [4.78, 5) is 17.0. The second-order valence-corrected chi connectivity index (χ2v) is 6.07. The predicted molar refractivity (Wildman–Crippen MR) is 90.3 cm³/mol. The van der Waals surface area contributed by atoms with Gasteiger partial charge in [0.15, 0.2) is 5.76 Å². The van der Waals surface area contributed by atoms with Crippen molar-refractivity contribution in [2.75, 3.05) is 20.2 Å². The Morgan fingerprint density at radius 1 is 1.33 bits per heavy atom. The highest BCUT2D eigenvalue weighted by atomic mass is 16.5. The van der Waals surface area contributed by atoms with E-state index in [0.29, 0.717) is 24.5 Å². The van der Waals surface area contributed by atoms with Gasteiger partial charge in [0.05, 0.1) is 6.20 Å². The third kappa shape index (κ3) is 3.34. The van der Waals surface area contributed by atoms with Gasteiger partial charge in [0.25, 0.3) is 5.91 Å². The average molecular weight is 329 g/mol. The summed E-state index contributed by atoms with van der Waals surface area (Å²) in [5.74, 6) is 1.07. The summed E-state index contributed by atoms with van der Waals surface area (Å²) in [6.07, 6.45) is 3.00. The fraction of sp³-hybridized carbons (Fsp3) is 0.444. The molecule has 2 aromatic rings. The summed E-state index contributed by atoms with van der Waals surface area (Å²) in [6.45, 7) is 3.41. The van der Waals surface area contributed by atoms with Crippen LogP contribution in [0.2, 0.25) is 0 Å². The van der Waals surface area contributed by atoms with Gasteiger partial charge < -0.3 is 19.8 Å². The number of carbonyl (C=O) groups is 1. The van der Waals surface area contributed by atoms with Crippen molar-refractivity contribution >= 4 is 5.91 Å². The van der Waals surface area contributed by atoms with Gasteiger partial charge in [-0.05, 0) is 32.9 Å². The van der Waals surface area contributed by atoms with Gasteiger partial charge in [0, 0.05) is 12.7 Å². The van der Waals surface area contributed by atoms with Gasteiger partial charge >= 0.3 is 0 Å². The van der Waals surface area contributed by atoms with Crippen molar-refractivity contribution < 1.29 is 13.9 Å². The van der Waals surface area contributed by atoms with E-state index in [4.69, 9.17) is 9.15 Å². The lowest BCUT2D eigenvalue weighted by Gasteiger charge is -2.35. The largest absolute Gasteiger partial charge is 0.438 e. The smallest absolute Gasteiger partial charge is 0.252 e. The van der Waals surface area contributed by atoms with E-state index < -0.39 is 5.60 Å². The maximum atomic E-state index is 12.7. The molecule has 6 heteroatoms. The van der Waals surface area contributed by atoms with Gasteiger partial charge in [0.2, 0.25) is 5.89 Å². The molecule has 1 aliphatic heterocycles. The fourth-order valence-electron chi connectivity index (χ4n) is 2.97. The molecule has 0 radical (unpaired) electrons. The van der Waals surface area contributed by atoms with E-state index >= 15 is 0 Å². The second kappa shape index (κ2) is 7.15. The number of amides is 1. The first-order valence-corrected chi connectivity index (χ1v) is 8.22. The fourth-order valence-corrected chi connectivity index (χ4v) is 2.97. The van der Waals surface area contributed by atoms with Crippen LogP contribution in [0.25, 0.3) is 11.3 Å². The highest BCUT2D eigenvalue weighted by Crippen LogP contribution is 2.26. The van der Waals surface area contributed by atoms with Gasteiger partial charge in [-0.15, -0.1) is 0 Å². The number of aromatic nitrogens is 1. The summed E-state index contributed by atoms with van der Waals surface area (Å²) >= 11 is 0. The Morgan fingerprint density at radius 3 is 2.71 bits per heavy atom. The molecule has 0 saturated carbocycles. The van der Waals surface area contributed by atoms with Gasteiger partial charge in [-0.2, -0.15) is 0 Å². The summed E-state index contributed by atoms with van der Waals surface area (Å²) in [7, 11) is 1.59. The summed E-state index contributed by atoms with van der Waals surface area (Å²) in [6, 6.07) is 9.44. The first kappa shape index (κ1) is 16.7. The van der Waals surface area contributed by atoms with Crippen LogP contribution < -0.4 is 10.6 Å². The minimum Gasteiger partial charge on any atom is -0.438 e. The number of rotatable bonds is 5. The number of hydrogen-bond acceptors (Lipinski definition) is 5. The van der Waals surface area contributed by atoms with Gasteiger partial charge in [-0.1, -0.05) is 30.3 Å². The Bertz CT molecular complexity index is 678. The molecule has 3 rings (SSSR count). The third-order valence-electron chi connectivity index (χ3n) is 4.52. The van der Waals surface area contributed by atoms with Crippen molar-refractivity contribution in [3.05, 3.63) is 42.4 Å². The molecule has 1 amide bonds. The zero-order valence-electron chi connectivity index (χ0n) is 14.0. The standard InChI is InChI=1S/C18H23N3O3/c1-13(21-17(22)18(23-2)8-10-19-11-9-18)16-20-12-15(24-16)14-6-4-3-5-7-14/h3-7,12-13,19H,8-11H2,1-2H3,(H,21,22). The Morgan fingerprint density at radius 2 is 2.04 bits per heavy atom. The lowest BCUT2D eigenvalue weighted by Crippen LogP contribution is -2.54. The van der Waals surface area contributed by atoms with Gasteiger partial charge in [-0.25, -0.2) is 4.98 Å². The quantitative estimate of drug-likeness (QED) is 0.880. The second-order valence-electron chi connectivity index (χ2n) is 6.07. The van der Waals surface area contributed by atoms with Gasteiger partial charge in [0.1, 0.15) is 11.6 Å². The molecule has 1 fully saturated rings. The van der Waals surface area contributed by atoms with Crippen LogP contribution in [0.4, 0.5) is 0 Å². The molecule has 1 aliphatic rings. The zero-order valence-corrected chi connectivity index (χ0v) is 14.0. The molecular weight excluding hydrogens is 306 g/mol. The van der Waals surface area contributed by atoms with Crippen molar-refractivity contribution in [1.82, 2.24) is 15.6 Å². The van der Waals surface area contributed by atoms with E-state index in [2.05, 4.69) is 15.6 Å². The Labute approximate surface area is 141 Å². The van der Waals surface area contributed by atoms with Crippen LogP contribution in [-0.4, -0.2) is 36.7 Å². The van der Waals surface area contributed by atoms with Crippen LogP contribution in [0.3, 0.4) is 0 Å². The molecule has 0 bridgehead atoms. The van der Waals surface area contributed by atoms with Crippen LogP contribution in [0.15, 0.2) is 40.9 Å². The maximum absolute atomic E-state index is 12.7. The zero-order chi connectivity index (χ0) is 17.0. The number of hydrogen-bond donors (Lipinski definition) is 2. The van der Waals surface area contributed by atoms with Crippen LogP contribution in [0.1, 0.15) is 31.7 Å². The molecule has 1 aromatic heterocycles. The molecule has 128 valence electrons. The lowest BCUT2D eigenvalue weighted by molar-refractivity contribution is -0.147. The molecule has 6 nitrogen and oxygen atoms in total. The molecule has 2 N–H and O–H groups in total. The highest BCUT2D eigenvalue weighted by molar-refractivity contribution is 5.85. The Balaban J connectivity index is 1.70. The number of carbonyl (C=O) groups excluding carboxylic acids is 1. The average Bonchev–Trinajstić information content (AvgIpc) is 3.13. The maximum Gasteiger partial charge on any atom is 0.252 e. The van der Waals surface area contributed by atoms with E-state index in [-0.39, 0.29) is 11.9 Å². The molecule has 0 aliphatic carbocycles. The van der Waals surface area contributed by atoms with Crippen molar-refractivity contribution in [2.24, 2.45) is 0 Å². The normalized spacial score (nSPS) is 18.1. The number of oxazole rings is 1. The molecule has 2 heterocycles. The Hall–Kier alpha value is -2.18. The molecule has 1 unspecified atom stereocenters. The molecular formula is C18H23N3O3. The number of benzene rings is 1. The van der Waals surface area contributed by atoms with Gasteiger partial charge in [-0.3, -0.25) is 4.79 Å². The predicted octanol–water partition coefficient (Wildman–Crippen LogP) is 2.29. The van der Waals surface area contributed by atoms with E-state index in [1.807, 2.05) is 37.3 Å². The van der Waals surface area contributed by atoms with E-state index in [1.54, 1.807) is 13.3 Å². The number of nitrogens with one attached hydrogen (secondary N) is 2. The highest BCUT2D eigenvalue weighted by Gasteiger charge is 2.40. The number of piperidine rings is 1. The number of nitrogens with zero attached hydrogens (tertiary/aromatic N) is 1. The summed E-state index contributed by atoms with van der Waals surface area (Å²) < 4.78 is 11.4. The first-order chi connectivity index (χ1) is 11.6. The minimum atomic E-state index is -0.769. The molecule has 0 spiro atoms. The topological polar surface area (TPSA) is 76.4 Å². The molecule has 1 atom stereocenters. The number of ether oxygens (including phenoxy) is 1. The van der Waals surface area contributed by atoms with E-state index in [1.165, 1.54) is 0 Å². The summed E-state index contributed by atoms with van der Waals surface area (Å²) in [5, 5.41) is 6.22. The van der Waals surface area contributed by atoms with Crippen LogP contribution in [-0.2, 0) is 9.53 Å². The molecule has 1 aromatic carbocycles. The van der Waals surface area contributed by atoms with Crippen molar-refractivity contribution in [2.45, 2.75) is 31.4 Å². The molecule has 24 heavy (non-hydrogen) atoms. The molecule has 1 saturated heterocycles. The van der Waals surface area contributed by atoms with Crippen molar-refractivity contribution in [1.29, 1.82) is 0 Å². The minimum absolute atomic E-state index is 0.113. The van der Waals surface area contributed by atoms with E-state index in [9.17, 15) is 4.79 Å². The van der Waals surface area contributed by atoms with Crippen molar-refractivity contribution in [3.8, 4) is 11.3 Å². The SMILES string of the molecule is COC1(C(=O)NC(C)c2ncc(-c3ccccc3)o2)CCNCC1. The lowest BCUT2D eigenvalue weighted by atomic mass is 9.91. The van der Waals surface area contributed by atoms with Crippen LogP contribution in [0.5, 0.6) is 0 Å². The summed E-state index contributed by atoms with van der Waals surface area (Å²) in [5.41, 5.74) is 0.190. The van der Waals surface area contributed by atoms with Crippen LogP contribution in [0, 0.1) is 0 Å². The van der Waals surface area contributed by atoms with Crippen LogP contribution >= 0.6 is 0 Å². The monoisotopic (exact) mass is 329 g/mol. The first-order valence-electron chi connectivity index (χ1n) is 8.22. The third-order valence-corrected chi connectivity index (χ3v) is 4.52. The Kier molecular flexibility index (Phi) is 4.97. The number of methoxy groups -OCH3 is 1. The van der Waals surface area contributed by atoms with E-state index in [0.717, 1.165) is 18.7 Å².